The third kappa shape index (κ3) is 6.75. The highest BCUT2D eigenvalue weighted by molar-refractivity contribution is 7.96. The summed E-state index contributed by atoms with van der Waals surface area (Å²) in [4.78, 5) is 10.3. The number of nitro groups is 1. The average Bonchev–Trinajstić information content (AvgIpc) is 2.77. The Morgan fingerprint density at radius 1 is 1.21 bits per heavy atom. The van der Waals surface area contributed by atoms with E-state index in [4.69, 9.17) is 32.7 Å². The molecular formula is C23H24Cl2N2O6S. The number of ether oxygens (including phenoxy) is 2. The minimum Gasteiger partial charge on any atom is -0.495 e. The van der Waals surface area contributed by atoms with Crippen molar-refractivity contribution in [3.8, 4) is 11.5 Å². The molecule has 0 aliphatic rings. The van der Waals surface area contributed by atoms with Crippen molar-refractivity contribution < 1.29 is 22.8 Å². The van der Waals surface area contributed by atoms with Gasteiger partial charge in [0.05, 0.1) is 32.7 Å². The van der Waals surface area contributed by atoms with Gasteiger partial charge in [0.1, 0.15) is 17.3 Å². The lowest BCUT2D eigenvalue weighted by Gasteiger charge is -2.15. The summed E-state index contributed by atoms with van der Waals surface area (Å²) in [7, 11) is -2.50. The maximum absolute atomic E-state index is 13.0. The molecule has 0 fully saturated rings. The number of nitrogens with one attached hydrogen (secondary N) is 1. The molecule has 0 spiro atoms. The summed E-state index contributed by atoms with van der Waals surface area (Å²) in [6, 6.07) is 8.92. The van der Waals surface area contributed by atoms with Crippen molar-refractivity contribution in [2.45, 2.75) is 27.2 Å². The number of sulfonamides is 1. The number of aryl methyl sites for hydroxylation is 1. The highest BCUT2D eigenvalue weighted by Gasteiger charge is 2.19. The van der Waals surface area contributed by atoms with Crippen molar-refractivity contribution in [2.75, 3.05) is 11.8 Å². The fourth-order valence-corrected chi connectivity index (χ4v) is 4.22. The Morgan fingerprint density at radius 2 is 1.85 bits per heavy atom. The van der Waals surface area contributed by atoms with E-state index < -0.39 is 14.9 Å². The Bertz CT molecular complexity index is 1290. The van der Waals surface area contributed by atoms with Gasteiger partial charge in [0.25, 0.3) is 15.7 Å². The molecule has 182 valence electrons. The maximum atomic E-state index is 13.0. The summed E-state index contributed by atoms with van der Waals surface area (Å²) < 4.78 is 39.5. The van der Waals surface area contributed by atoms with E-state index in [1.807, 2.05) is 13.0 Å². The van der Waals surface area contributed by atoms with Crippen LogP contribution in [0.5, 0.6) is 11.5 Å². The van der Waals surface area contributed by atoms with Crippen LogP contribution in [0, 0.1) is 10.1 Å². The Kier molecular flexibility index (Phi) is 9.14. The van der Waals surface area contributed by atoms with Crippen LogP contribution in [0.2, 0.25) is 5.02 Å². The van der Waals surface area contributed by atoms with Crippen molar-refractivity contribution in [1.29, 1.82) is 0 Å². The molecule has 0 amide bonds. The van der Waals surface area contributed by atoms with Crippen molar-refractivity contribution in [3.05, 3.63) is 91.0 Å². The predicted molar refractivity (Wildman–Crippen MR) is 135 cm³/mol. The van der Waals surface area contributed by atoms with Crippen LogP contribution < -0.4 is 14.2 Å². The monoisotopic (exact) mass is 526 g/mol. The van der Waals surface area contributed by atoms with Gasteiger partial charge in [-0.05, 0) is 55.7 Å². The van der Waals surface area contributed by atoms with E-state index >= 15 is 0 Å². The van der Waals surface area contributed by atoms with Crippen molar-refractivity contribution >= 4 is 44.6 Å². The van der Waals surface area contributed by atoms with E-state index in [0.717, 1.165) is 18.1 Å². The molecule has 1 N–H and O–H groups in total. The molecule has 0 aliphatic carbocycles. The Morgan fingerprint density at radius 3 is 2.38 bits per heavy atom. The number of halogens is 2. The van der Waals surface area contributed by atoms with E-state index in [9.17, 15) is 18.5 Å². The molecule has 0 saturated carbocycles. The summed E-state index contributed by atoms with van der Waals surface area (Å²) in [5.41, 5.74) is 1.38. The molecule has 0 aromatic heterocycles. The summed E-state index contributed by atoms with van der Waals surface area (Å²) in [5, 5.41) is 10.9. The first kappa shape index (κ1) is 27.2. The van der Waals surface area contributed by atoms with E-state index in [2.05, 4.69) is 11.3 Å². The quantitative estimate of drug-likeness (QED) is 0.162. The van der Waals surface area contributed by atoms with Crippen LogP contribution in [-0.4, -0.2) is 20.5 Å². The number of hydrogen-bond acceptors (Lipinski definition) is 6. The zero-order valence-corrected chi connectivity index (χ0v) is 21.3. The van der Waals surface area contributed by atoms with Gasteiger partial charge >= 0.3 is 0 Å². The van der Waals surface area contributed by atoms with E-state index in [1.54, 1.807) is 19.1 Å². The number of anilines is 1. The molecule has 2 aromatic rings. The first-order valence-electron chi connectivity index (χ1n) is 9.95. The second-order valence-corrected chi connectivity index (χ2v) is 9.86. The minimum atomic E-state index is -3.95. The highest BCUT2D eigenvalue weighted by Crippen LogP contribution is 2.33. The van der Waals surface area contributed by atoms with Crippen LogP contribution in [-0.2, 0) is 16.4 Å². The van der Waals surface area contributed by atoms with Crippen LogP contribution in [0.4, 0.5) is 11.4 Å². The van der Waals surface area contributed by atoms with Gasteiger partial charge in [-0.1, -0.05) is 42.8 Å². The SMILES string of the molecule is C=C(Cl)/C(Oc1ccc([N+](=O)[O-])cc1Cl)=C(C)\C=C(/C)S(=O)(=O)Nc1cc(CC)ccc1OC. The number of nitrogens with zero attached hydrogens (tertiary/aromatic N) is 1. The predicted octanol–water partition coefficient (Wildman–Crippen LogP) is 6.57. The number of allylic oxidation sites excluding steroid dienone is 4. The summed E-state index contributed by atoms with van der Waals surface area (Å²) in [6.45, 7) is 8.60. The molecule has 2 rings (SSSR count). The fraction of sp³-hybridized carbons (Fsp3) is 0.217. The van der Waals surface area contributed by atoms with E-state index in [0.29, 0.717) is 17.0 Å². The van der Waals surface area contributed by atoms with Crippen LogP contribution in [0.25, 0.3) is 0 Å². The third-order valence-electron chi connectivity index (χ3n) is 4.70. The molecule has 0 heterocycles. The maximum Gasteiger partial charge on any atom is 0.271 e. The van der Waals surface area contributed by atoms with Crippen molar-refractivity contribution in [1.82, 2.24) is 0 Å². The van der Waals surface area contributed by atoms with E-state index in [-0.39, 0.29) is 32.2 Å². The highest BCUT2D eigenvalue weighted by atomic mass is 35.5. The second-order valence-electron chi connectivity index (χ2n) is 7.14. The molecule has 0 atom stereocenters. The molecule has 34 heavy (non-hydrogen) atoms. The third-order valence-corrected chi connectivity index (χ3v) is 6.62. The van der Waals surface area contributed by atoms with Gasteiger partial charge in [0.15, 0.2) is 0 Å². The molecule has 0 saturated heterocycles. The lowest BCUT2D eigenvalue weighted by atomic mass is 10.1. The number of benzene rings is 2. The standard InChI is InChI=1S/C23H24Cl2N2O6S/c1-6-17-7-9-22(32-5)20(12-17)26-34(30,31)15(3)11-14(2)23(16(4)24)33-21-10-8-18(27(28)29)13-19(21)25/h7-13,26H,4,6H2,1-3,5H3/b15-11+,23-14+. The van der Waals surface area contributed by atoms with Crippen molar-refractivity contribution in [3.63, 3.8) is 0 Å². The largest absolute Gasteiger partial charge is 0.495 e. The first-order valence-corrected chi connectivity index (χ1v) is 12.2. The lowest BCUT2D eigenvalue weighted by Crippen LogP contribution is -2.14. The molecule has 11 heteroatoms. The molecule has 8 nitrogen and oxygen atoms in total. The minimum absolute atomic E-state index is 0.0151. The summed E-state index contributed by atoms with van der Waals surface area (Å²) in [5.74, 6) is 0.529. The molecule has 2 aromatic carbocycles. The Labute approximate surface area is 208 Å². The van der Waals surface area contributed by atoms with Crippen LogP contribution in [0.15, 0.2) is 70.3 Å². The van der Waals surface area contributed by atoms with Gasteiger partial charge in [-0.2, -0.15) is 0 Å². The smallest absolute Gasteiger partial charge is 0.271 e. The van der Waals surface area contributed by atoms with Crippen LogP contribution >= 0.6 is 23.2 Å². The Balaban J connectivity index is 2.41. The molecule has 0 unspecified atom stereocenters. The zero-order valence-electron chi connectivity index (χ0n) is 19.0. The zero-order chi connectivity index (χ0) is 25.6. The normalized spacial score (nSPS) is 12.6. The summed E-state index contributed by atoms with van der Waals surface area (Å²) in [6.07, 6.45) is 2.08. The van der Waals surface area contributed by atoms with Crippen LogP contribution in [0.1, 0.15) is 26.3 Å². The molecular weight excluding hydrogens is 503 g/mol. The van der Waals surface area contributed by atoms with Gasteiger partial charge in [-0.25, -0.2) is 8.42 Å². The van der Waals surface area contributed by atoms with Crippen LogP contribution in [0.3, 0.4) is 0 Å². The number of non-ortho nitro benzene ring substituents is 1. The molecule has 0 bridgehead atoms. The van der Waals surface area contributed by atoms with Crippen molar-refractivity contribution in [2.24, 2.45) is 0 Å². The molecule has 0 radical (unpaired) electrons. The van der Waals surface area contributed by atoms with Gasteiger partial charge < -0.3 is 9.47 Å². The topological polar surface area (TPSA) is 108 Å². The Hall–Kier alpha value is -3.01. The number of hydrogen-bond donors (Lipinski definition) is 1. The number of rotatable bonds is 10. The van der Waals surface area contributed by atoms with Gasteiger partial charge in [-0.3, -0.25) is 14.8 Å². The van der Waals surface area contributed by atoms with Gasteiger partial charge in [0, 0.05) is 12.1 Å². The first-order chi connectivity index (χ1) is 15.9. The fourth-order valence-electron chi connectivity index (χ4n) is 2.87. The second kappa shape index (κ2) is 11.4. The van der Waals surface area contributed by atoms with Gasteiger partial charge in [-0.15, -0.1) is 0 Å². The molecule has 0 aliphatic heterocycles. The number of methoxy groups -OCH3 is 1. The van der Waals surface area contributed by atoms with E-state index in [1.165, 1.54) is 32.2 Å². The average molecular weight is 527 g/mol. The lowest BCUT2D eigenvalue weighted by molar-refractivity contribution is -0.384. The number of nitro benzene ring substituents is 1. The van der Waals surface area contributed by atoms with Gasteiger partial charge in [0.2, 0.25) is 0 Å². The summed E-state index contributed by atoms with van der Waals surface area (Å²) >= 11 is 12.2.